The quantitative estimate of drug-likeness (QED) is 0.714. The summed E-state index contributed by atoms with van der Waals surface area (Å²) in [5.41, 5.74) is 14.2. The second kappa shape index (κ2) is 4.04. The zero-order valence-electron chi connectivity index (χ0n) is 10.6. The van der Waals surface area contributed by atoms with Gasteiger partial charge in [-0.3, -0.25) is 4.79 Å². The Hall–Kier alpha value is -1.92. The Morgan fingerprint density at radius 1 is 1.10 bits per heavy atom. The van der Waals surface area contributed by atoms with E-state index in [2.05, 4.69) is 0 Å². The lowest BCUT2D eigenvalue weighted by atomic mass is 9.95. The van der Waals surface area contributed by atoms with Crippen molar-refractivity contribution in [2.75, 3.05) is 24.6 Å². The van der Waals surface area contributed by atoms with E-state index in [1.807, 2.05) is 0 Å². The molecule has 20 heavy (non-hydrogen) atoms. The third-order valence-corrected chi connectivity index (χ3v) is 4.15. The molecule has 1 aromatic rings. The van der Waals surface area contributed by atoms with Crippen molar-refractivity contribution in [1.29, 1.82) is 0 Å². The third-order valence-electron chi connectivity index (χ3n) is 4.15. The van der Waals surface area contributed by atoms with Crippen molar-refractivity contribution >= 4 is 17.3 Å². The molecule has 1 saturated heterocycles. The van der Waals surface area contributed by atoms with Crippen LogP contribution in [-0.2, 0) is 4.79 Å². The molecule has 2 bridgehead atoms. The van der Waals surface area contributed by atoms with Crippen LogP contribution < -0.4 is 11.5 Å². The SMILES string of the molecule is Nc1cc2c(cc1N)[C@H]1C[C@@H]2CN(C(=O)C(F)(F)F)C1. The molecule has 0 unspecified atom stereocenters. The molecule has 1 amide bonds. The minimum atomic E-state index is -4.82. The van der Waals surface area contributed by atoms with Gasteiger partial charge in [0.2, 0.25) is 0 Å². The first-order valence-electron chi connectivity index (χ1n) is 6.32. The van der Waals surface area contributed by atoms with E-state index < -0.39 is 12.1 Å². The lowest BCUT2D eigenvalue weighted by molar-refractivity contribution is -0.186. The average Bonchev–Trinajstić information content (AvgIpc) is 2.60. The number of rotatable bonds is 0. The first kappa shape index (κ1) is 13.1. The lowest BCUT2D eigenvalue weighted by Crippen LogP contribution is -2.46. The van der Waals surface area contributed by atoms with E-state index in [4.69, 9.17) is 11.5 Å². The van der Waals surface area contributed by atoms with Gasteiger partial charge in [0.25, 0.3) is 0 Å². The van der Waals surface area contributed by atoms with E-state index in [-0.39, 0.29) is 24.9 Å². The summed E-state index contributed by atoms with van der Waals surface area (Å²) in [4.78, 5) is 12.3. The molecular formula is C13H14F3N3O. The normalized spacial score (nSPS) is 24.6. The number of hydrogen-bond donors (Lipinski definition) is 2. The number of carbonyl (C=O) groups excluding carboxylic acids is 1. The van der Waals surface area contributed by atoms with Crippen molar-refractivity contribution in [3.8, 4) is 0 Å². The van der Waals surface area contributed by atoms with Crippen LogP contribution >= 0.6 is 0 Å². The Kier molecular flexibility index (Phi) is 2.64. The number of piperidine rings is 1. The summed E-state index contributed by atoms with van der Waals surface area (Å²) in [6.45, 7) is 0.177. The number of nitrogens with two attached hydrogens (primary N) is 2. The molecule has 2 aliphatic rings. The highest BCUT2D eigenvalue weighted by molar-refractivity contribution is 5.82. The molecule has 1 heterocycles. The molecule has 108 valence electrons. The summed E-state index contributed by atoms with van der Waals surface area (Å²) >= 11 is 0. The summed E-state index contributed by atoms with van der Waals surface area (Å²) in [6.07, 6.45) is -4.07. The van der Waals surface area contributed by atoms with Gasteiger partial charge in [-0.2, -0.15) is 13.2 Å². The van der Waals surface area contributed by atoms with E-state index in [9.17, 15) is 18.0 Å². The fraction of sp³-hybridized carbons (Fsp3) is 0.462. The van der Waals surface area contributed by atoms with E-state index in [1.54, 1.807) is 12.1 Å². The molecule has 1 fully saturated rings. The summed E-state index contributed by atoms with van der Waals surface area (Å²) in [6, 6.07) is 3.47. The van der Waals surface area contributed by atoms with Crippen LogP contribution in [0.5, 0.6) is 0 Å². The Bertz CT molecular complexity index is 548. The van der Waals surface area contributed by atoms with E-state index in [0.717, 1.165) is 22.4 Å². The second-order valence-electron chi connectivity index (χ2n) is 5.45. The van der Waals surface area contributed by atoms with Gasteiger partial charge < -0.3 is 16.4 Å². The van der Waals surface area contributed by atoms with Gasteiger partial charge in [0.15, 0.2) is 0 Å². The van der Waals surface area contributed by atoms with Gasteiger partial charge in [0, 0.05) is 24.9 Å². The van der Waals surface area contributed by atoms with Crippen LogP contribution in [0.4, 0.5) is 24.5 Å². The van der Waals surface area contributed by atoms with Gasteiger partial charge in [-0.05, 0) is 29.7 Å². The second-order valence-corrected chi connectivity index (χ2v) is 5.45. The summed E-state index contributed by atoms with van der Waals surface area (Å²) in [7, 11) is 0. The number of fused-ring (bicyclic) bond motifs is 5. The van der Waals surface area contributed by atoms with E-state index >= 15 is 0 Å². The van der Waals surface area contributed by atoms with Crippen molar-refractivity contribution in [2.45, 2.75) is 24.4 Å². The van der Waals surface area contributed by atoms with E-state index in [0.29, 0.717) is 11.4 Å². The maximum absolute atomic E-state index is 12.5. The lowest BCUT2D eigenvalue weighted by Gasteiger charge is -2.32. The van der Waals surface area contributed by atoms with Crippen LogP contribution in [0.15, 0.2) is 12.1 Å². The smallest absolute Gasteiger partial charge is 0.397 e. The number of halogens is 3. The van der Waals surface area contributed by atoms with Crippen molar-refractivity contribution in [3.05, 3.63) is 23.3 Å². The predicted octanol–water partition coefficient (Wildman–Crippen LogP) is 1.83. The largest absolute Gasteiger partial charge is 0.471 e. The van der Waals surface area contributed by atoms with Gasteiger partial charge in [-0.25, -0.2) is 0 Å². The number of benzene rings is 1. The Labute approximate surface area is 113 Å². The van der Waals surface area contributed by atoms with Crippen molar-refractivity contribution in [1.82, 2.24) is 4.90 Å². The van der Waals surface area contributed by atoms with Crippen LogP contribution in [0, 0.1) is 0 Å². The van der Waals surface area contributed by atoms with Gasteiger partial charge in [-0.1, -0.05) is 0 Å². The fourth-order valence-electron chi connectivity index (χ4n) is 3.27. The molecule has 0 saturated carbocycles. The summed E-state index contributed by atoms with van der Waals surface area (Å²) in [5, 5.41) is 0. The monoisotopic (exact) mass is 285 g/mol. The molecular weight excluding hydrogens is 271 g/mol. The minimum absolute atomic E-state index is 0.0852. The molecule has 3 rings (SSSR count). The Balaban J connectivity index is 1.92. The fourth-order valence-corrected chi connectivity index (χ4v) is 3.27. The number of nitrogens with zero attached hydrogens (tertiary/aromatic N) is 1. The molecule has 4 N–H and O–H groups in total. The van der Waals surface area contributed by atoms with Gasteiger partial charge in [0.1, 0.15) is 0 Å². The summed E-state index contributed by atoms with van der Waals surface area (Å²) in [5.74, 6) is -1.93. The Morgan fingerprint density at radius 3 is 1.95 bits per heavy atom. The number of likely N-dealkylation sites (tertiary alicyclic amines) is 1. The highest BCUT2D eigenvalue weighted by Crippen LogP contribution is 2.48. The highest BCUT2D eigenvalue weighted by Gasteiger charge is 2.47. The average molecular weight is 285 g/mol. The molecule has 1 aliphatic heterocycles. The molecule has 2 atom stereocenters. The maximum Gasteiger partial charge on any atom is 0.471 e. The predicted molar refractivity (Wildman–Crippen MR) is 68.0 cm³/mol. The molecule has 4 nitrogen and oxygen atoms in total. The molecule has 1 aliphatic carbocycles. The first-order valence-corrected chi connectivity index (χ1v) is 6.32. The zero-order valence-corrected chi connectivity index (χ0v) is 10.6. The van der Waals surface area contributed by atoms with Crippen molar-refractivity contribution < 1.29 is 18.0 Å². The van der Waals surface area contributed by atoms with Gasteiger partial charge >= 0.3 is 12.1 Å². The van der Waals surface area contributed by atoms with Crippen LogP contribution in [-0.4, -0.2) is 30.1 Å². The number of carbonyl (C=O) groups is 1. The number of anilines is 2. The molecule has 0 aromatic heterocycles. The van der Waals surface area contributed by atoms with Crippen LogP contribution in [0.2, 0.25) is 0 Å². The van der Waals surface area contributed by atoms with Crippen LogP contribution in [0.1, 0.15) is 29.4 Å². The topological polar surface area (TPSA) is 72.3 Å². The number of nitrogen functional groups attached to an aromatic ring is 2. The van der Waals surface area contributed by atoms with Gasteiger partial charge in [-0.15, -0.1) is 0 Å². The molecule has 7 heteroatoms. The van der Waals surface area contributed by atoms with Crippen LogP contribution in [0.3, 0.4) is 0 Å². The van der Waals surface area contributed by atoms with Gasteiger partial charge in [0.05, 0.1) is 11.4 Å². The highest BCUT2D eigenvalue weighted by atomic mass is 19.4. The third kappa shape index (κ3) is 1.88. The Morgan fingerprint density at radius 2 is 1.55 bits per heavy atom. The number of alkyl halides is 3. The molecule has 0 radical (unpaired) electrons. The molecule has 1 aromatic carbocycles. The number of amides is 1. The molecule has 0 spiro atoms. The summed E-state index contributed by atoms with van der Waals surface area (Å²) < 4.78 is 37.6. The zero-order chi connectivity index (χ0) is 14.7. The minimum Gasteiger partial charge on any atom is -0.397 e. The van der Waals surface area contributed by atoms with Crippen LogP contribution in [0.25, 0.3) is 0 Å². The van der Waals surface area contributed by atoms with Crippen molar-refractivity contribution in [2.24, 2.45) is 0 Å². The maximum atomic E-state index is 12.5. The standard InChI is InChI=1S/C13H14F3N3O/c14-13(15,16)12(20)19-4-6-1-7(5-19)9-3-11(18)10(17)2-8(6)9/h2-3,6-7H,1,4-5,17-18H2/t6-,7+. The first-order chi connectivity index (χ1) is 9.27. The van der Waals surface area contributed by atoms with E-state index in [1.165, 1.54) is 0 Å². The van der Waals surface area contributed by atoms with Crippen molar-refractivity contribution in [3.63, 3.8) is 0 Å². The number of hydrogen-bond acceptors (Lipinski definition) is 3.